The summed E-state index contributed by atoms with van der Waals surface area (Å²) >= 11 is 0. The Kier molecular flexibility index (Phi) is 4.53. The van der Waals surface area contributed by atoms with E-state index in [0.717, 1.165) is 0 Å². The molecule has 0 aromatic heterocycles. The van der Waals surface area contributed by atoms with Crippen LogP contribution in [0, 0.1) is 0 Å². The molecule has 0 atom stereocenters. The van der Waals surface area contributed by atoms with Crippen LogP contribution in [-0.2, 0) is 14.6 Å². The fraction of sp³-hybridized carbons (Fsp3) is 0.500. The van der Waals surface area contributed by atoms with Gasteiger partial charge in [-0.15, -0.1) is 0 Å². The molecule has 1 aromatic carbocycles. The third kappa shape index (κ3) is 3.98. The van der Waals surface area contributed by atoms with Crippen molar-refractivity contribution in [3.63, 3.8) is 0 Å². The van der Waals surface area contributed by atoms with Gasteiger partial charge in [-0.1, -0.05) is 6.07 Å². The van der Waals surface area contributed by atoms with Crippen LogP contribution in [0.15, 0.2) is 28.5 Å². The van der Waals surface area contributed by atoms with Gasteiger partial charge in [0.05, 0.1) is 4.90 Å². The second-order valence-corrected chi connectivity index (χ2v) is 9.10. The van der Waals surface area contributed by atoms with E-state index >= 15 is 0 Å². The molecule has 3 rings (SSSR count). The quantitative estimate of drug-likeness (QED) is 0.804. The second kappa shape index (κ2) is 6.37. The van der Waals surface area contributed by atoms with Crippen molar-refractivity contribution in [1.82, 2.24) is 4.90 Å². The summed E-state index contributed by atoms with van der Waals surface area (Å²) in [6.07, 6.45) is 2.58. The highest BCUT2D eigenvalue weighted by atomic mass is 32.2. The van der Waals surface area contributed by atoms with Crippen molar-refractivity contribution in [2.24, 2.45) is 0 Å². The highest BCUT2D eigenvalue weighted by Gasteiger charge is 2.29. The minimum Gasteiger partial charge on any atom is -0.490 e. The van der Waals surface area contributed by atoms with Crippen molar-refractivity contribution in [3.05, 3.63) is 29.2 Å². The first-order chi connectivity index (χ1) is 11.7. The molecule has 2 heterocycles. The van der Waals surface area contributed by atoms with E-state index in [9.17, 15) is 13.2 Å². The first-order valence-electron chi connectivity index (χ1n) is 8.36. The summed E-state index contributed by atoms with van der Waals surface area (Å²) < 4.78 is 35.3. The number of ether oxygens (including phenoxy) is 2. The molecule has 2 aliphatic rings. The Morgan fingerprint density at radius 3 is 2.52 bits per heavy atom. The summed E-state index contributed by atoms with van der Waals surface area (Å²) in [5.41, 5.74) is 0.101. The molecular formula is C18H23NO5S. The highest BCUT2D eigenvalue weighted by Crippen LogP contribution is 2.35. The van der Waals surface area contributed by atoms with Crippen LogP contribution in [0.25, 0.3) is 6.08 Å². The standard InChI is InChI=1S/C18H23NO5S/c1-18(2,3)24-17(20)19-10-7-13(8-11-19)23-15-5-4-6-16-14(15)9-12-25(16,21)22/h4-6,9,12-13H,7-8,10-11H2,1-3H3. The lowest BCUT2D eigenvalue weighted by Crippen LogP contribution is -2.44. The Labute approximate surface area is 148 Å². The average Bonchev–Trinajstić information content (AvgIpc) is 2.83. The fourth-order valence-electron chi connectivity index (χ4n) is 2.93. The van der Waals surface area contributed by atoms with Crippen LogP contribution >= 0.6 is 0 Å². The summed E-state index contributed by atoms with van der Waals surface area (Å²) in [4.78, 5) is 14.1. The van der Waals surface area contributed by atoms with E-state index in [0.29, 0.717) is 37.2 Å². The zero-order valence-electron chi connectivity index (χ0n) is 14.7. The molecule has 1 fully saturated rings. The molecule has 0 spiro atoms. The third-order valence-corrected chi connectivity index (χ3v) is 5.60. The van der Waals surface area contributed by atoms with Crippen LogP contribution in [0.4, 0.5) is 4.79 Å². The van der Waals surface area contributed by atoms with E-state index in [1.54, 1.807) is 29.2 Å². The van der Waals surface area contributed by atoms with Gasteiger partial charge in [0.25, 0.3) is 0 Å². The molecule has 0 unspecified atom stereocenters. The first-order valence-corrected chi connectivity index (χ1v) is 9.91. The number of rotatable bonds is 2. The van der Waals surface area contributed by atoms with Crippen LogP contribution in [0.3, 0.4) is 0 Å². The summed E-state index contributed by atoms with van der Waals surface area (Å²) in [5, 5.41) is 1.20. The molecule has 0 aliphatic carbocycles. The predicted octanol–water partition coefficient (Wildman–Crippen LogP) is 3.22. The molecule has 1 aromatic rings. The Morgan fingerprint density at radius 2 is 1.88 bits per heavy atom. The lowest BCUT2D eigenvalue weighted by atomic mass is 10.1. The number of carbonyl (C=O) groups is 1. The number of benzene rings is 1. The van der Waals surface area contributed by atoms with Gasteiger partial charge in [-0.25, -0.2) is 13.2 Å². The van der Waals surface area contributed by atoms with Gasteiger partial charge < -0.3 is 14.4 Å². The maximum Gasteiger partial charge on any atom is 0.410 e. The van der Waals surface area contributed by atoms with E-state index in [1.807, 2.05) is 20.8 Å². The monoisotopic (exact) mass is 365 g/mol. The summed E-state index contributed by atoms with van der Waals surface area (Å²) in [5.74, 6) is 0.575. The van der Waals surface area contributed by atoms with Crippen LogP contribution in [0.1, 0.15) is 39.2 Å². The number of sulfone groups is 1. The van der Waals surface area contributed by atoms with Gasteiger partial charge in [0.15, 0.2) is 0 Å². The van der Waals surface area contributed by atoms with Gasteiger partial charge in [0.1, 0.15) is 17.5 Å². The normalized spacial score (nSPS) is 19.6. The summed E-state index contributed by atoms with van der Waals surface area (Å²) in [6, 6.07) is 5.06. The molecule has 0 N–H and O–H groups in total. The van der Waals surface area contributed by atoms with Crippen molar-refractivity contribution in [1.29, 1.82) is 0 Å². The van der Waals surface area contributed by atoms with E-state index in [4.69, 9.17) is 9.47 Å². The fourth-order valence-corrected chi connectivity index (χ4v) is 4.14. The van der Waals surface area contributed by atoms with Crippen molar-refractivity contribution in [3.8, 4) is 5.75 Å². The largest absolute Gasteiger partial charge is 0.490 e. The SMILES string of the molecule is CC(C)(C)OC(=O)N1CCC(Oc2cccc3c2C=CS3(=O)=O)CC1. The number of piperidine rings is 1. The van der Waals surface area contributed by atoms with Gasteiger partial charge in [0, 0.05) is 36.9 Å². The summed E-state index contributed by atoms with van der Waals surface area (Å²) in [7, 11) is -3.34. The first kappa shape index (κ1) is 17.8. The molecule has 136 valence electrons. The van der Waals surface area contributed by atoms with Crippen molar-refractivity contribution >= 4 is 22.0 Å². The van der Waals surface area contributed by atoms with Crippen LogP contribution in [-0.4, -0.2) is 44.2 Å². The molecule has 1 saturated heterocycles. The third-order valence-electron chi connectivity index (χ3n) is 4.13. The molecule has 0 bridgehead atoms. The maximum atomic E-state index is 12.1. The number of likely N-dealkylation sites (tertiary alicyclic amines) is 1. The summed E-state index contributed by atoms with van der Waals surface area (Å²) in [6.45, 7) is 6.65. The Bertz CT molecular complexity index is 799. The van der Waals surface area contributed by atoms with Gasteiger partial charge in [0.2, 0.25) is 9.84 Å². The lowest BCUT2D eigenvalue weighted by molar-refractivity contribution is 0.0126. The van der Waals surface area contributed by atoms with Crippen LogP contribution < -0.4 is 4.74 Å². The van der Waals surface area contributed by atoms with Gasteiger partial charge >= 0.3 is 6.09 Å². The van der Waals surface area contributed by atoms with Crippen molar-refractivity contribution < 1.29 is 22.7 Å². The number of amides is 1. The minimum absolute atomic E-state index is 0.0538. The Hall–Kier alpha value is -2.02. The molecule has 0 saturated carbocycles. The smallest absolute Gasteiger partial charge is 0.410 e. The molecule has 6 nitrogen and oxygen atoms in total. The molecule has 25 heavy (non-hydrogen) atoms. The molecule has 7 heteroatoms. The van der Waals surface area contributed by atoms with Crippen molar-refractivity contribution in [2.75, 3.05) is 13.1 Å². The number of hydrogen-bond acceptors (Lipinski definition) is 5. The topological polar surface area (TPSA) is 72.9 Å². The average molecular weight is 365 g/mol. The number of carbonyl (C=O) groups excluding carboxylic acids is 1. The molecule has 2 aliphatic heterocycles. The zero-order valence-corrected chi connectivity index (χ0v) is 15.5. The molecule has 0 radical (unpaired) electrons. The van der Waals surface area contributed by atoms with E-state index in [-0.39, 0.29) is 17.1 Å². The van der Waals surface area contributed by atoms with Crippen LogP contribution in [0.5, 0.6) is 5.75 Å². The predicted molar refractivity (Wildman–Crippen MR) is 94.1 cm³/mol. The number of fused-ring (bicyclic) bond motifs is 1. The van der Waals surface area contributed by atoms with Crippen LogP contribution in [0.2, 0.25) is 0 Å². The molecular weight excluding hydrogens is 342 g/mol. The second-order valence-electron chi connectivity index (χ2n) is 7.30. The van der Waals surface area contributed by atoms with E-state index in [1.165, 1.54) is 5.41 Å². The zero-order chi connectivity index (χ0) is 18.2. The number of hydrogen-bond donors (Lipinski definition) is 0. The number of nitrogens with zero attached hydrogens (tertiary/aromatic N) is 1. The van der Waals surface area contributed by atoms with Gasteiger partial charge in [-0.3, -0.25) is 0 Å². The highest BCUT2D eigenvalue weighted by molar-refractivity contribution is 7.94. The van der Waals surface area contributed by atoms with Crippen molar-refractivity contribution in [2.45, 2.75) is 50.2 Å². The maximum absolute atomic E-state index is 12.1. The minimum atomic E-state index is -3.34. The lowest BCUT2D eigenvalue weighted by Gasteiger charge is -2.33. The van der Waals surface area contributed by atoms with Gasteiger partial charge in [-0.05, 0) is 39.0 Å². The molecule has 1 amide bonds. The van der Waals surface area contributed by atoms with E-state index < -0.39 is 15.4 Å². The Balaban J connectivity index is 1.62. The Morgan fingerprint density at radius 1 is 1.20 bits per heavy atom. The van der Waals surface area contributed by atoms with E-state index in [2.05, 4.69) is 0 Å². The van der Waals surface area contributed by atoms with Gasteiger partial charge in [-0.2, -0.15) is 0 Å².